The van der Waals surface area contributed by atoms with Crippen molar-refractivity contribution in [1.82, 2.24) is 0 Å². The Bertz CT molecular complexity index is 471. The van der Waals surface area contributed by atoms with Gasteiger partial charge in [-0.15, -0.1) is 5.73 Å². The van der Waals surface area contributed by atoms with Gasteiger partial charge in [0.1, 0.15) is 0 Å². The summed E-state index contributed by atoms with van der Waals surface area (Å²) in [6, 6.07) is 6.58. The summed E-state index contributed by atoms with van der Waals surface area (Å²) in [6.45, 7) is 16.4. The Labute approximate surface area is 105 Å². The predicted molar refractivity (Wildman–Crippen MR) is 77.2 cm³/mol. The van der Waals surface area contributed by atoms with Crippen molar-refractivity contribution in [2.24, 2.45) is 0 Å². The first-order valence-corrected chi connectivity index (χ1v) is 6.18. The maximum atomic E-state index is 3.97. The zero-order valence-electron chi connectivity index (χ0n) is 11.4. The van der Waals surface area contributed by atoms with Crippen molar-refractivity contribution in [2.75, 3.05) is 0 Å². The van der Waals surface area contributed by atoms with Gasteiger partial charge in [-0.05, 0) is 48.4 Å². The van der Waals surface area contributed by atoms with E-state index in [0.29, 0.717) is 5.92 Å². The minimum absolute atomic E-state index is 0.616. The van der Waals surface area contributed by atoms with Gasteiger partial charge in [0.25, 0.3) is 0 Å². The van der Waals surface area contributed by atoms with Crippen molar-refractivity contribution in [3.63, 3.8) is 0 Å². The Morgan fingerprint density at radius 3 is 2.47 bits per heavy atom. The van der Waals surface area contributed by atoms with Crippen LogP contribution in [0.1, 0.15) is 49.8 Å². The fourth-order valence-electron chi connectivity index (χ4n) is 2.10. The summed E-state index contributed by atoms with van der Waals surface area (Å²) in [4.78, 5) is 0. The summed E-state index contributed by atoms with van der Waals surface area (Å²) in [5.41, 5.74) is 8.94. The van der Waals surface area contributed by atoms with Crippen LogP contribution in [0, 0.1) is 6.92 Å². The molecule has 0 spiro atoms. The van der Waals surface area contributed by atoms with Gasteiger partial charge in [0.2, 0.25) is 0 Å². The maximum Gasteiger partial charge on any atom is 0.0254 e. The lowest BCUT2D eigenvalue weighted by atomic mass is 9.90. The van der Waals surface area contributed by atoms with E-state index in [0.717, 1.165) is 16.7 Å². The highest BCUT2D eigenvalue weighted by Crippen LogP contribution is 2.27. The molecule has 1 unspecified atom stereocenters. The van der Waals surface area contributed by atoms with E-state index >= 15 is 0 Å². The van der Waals surface area contributed by atoms with Gasteiger partial charge in [0.15, 0.2) is 0 Å². The molecule has 0 aliphatic heterocycles. The third-order valence-electron chi connectivity index (χ3n) is 3.31. The van der Waals surface area contributed by atoms with Gasteiger partial charge in [-0.25, -0.2) is 0 Å². The van der Waals surface area contributed by atoms with Gasteiger partial charge in [-0.2, -0.15) is 0 Å². The molecule has 0 aliphatic carbocycles. The molecule has 1 rings (SSSR count). The van der Waals surface area contributed by atoms with E-state index in [1.807, 2.05) is 6.92 Å². The predicted octanol–water partition coefficient (Wildman–Crippen LogP) is 5.25. The van der Waals surface area contributed by atoms with Crippen LogP contribution in [0.2, 0.25) is 0 Å². The molecule has 1 atom stereocenters. The monoisotopic (exact) mass is 226 g/mol. The van der Waals surface area contributed by atoms with Crippen LogP contribution in [0.25, 0.3) is 5.57 Å². The second-order valence-electron chi connectivity index (χ2n) is 4.71. The maximum absolute atomic E-state index is 3.97. The Morgan fingerprint density at radius 1 is 1.41 bits per heavy atom. The SMILES string of the molecule is C=C=C(C(=C)C)c1ccc(C(C)CC)c(C)c1. The summed E-state index contributed by atoms with van der Waals surface area (Å²) in [7, 11) is 0. The zero-order valence-corrected chi connectivity index (χ0v) is 11.4. The van der Waals surface area contributed by atoms with Crippen LogP contribution in [0.5, 0.6) is 0 Å². The first-order valence-electron chi connectivity index (χ1n) is 6.18. The molecule has 0 bridgehead atoms. The minimum atomic E-state index is 0.616. The topological polar surface area (TPSA) is 0 Å². The molecule has 90 valence electrons. The standard InChI is InChI=1S/C17H22/c1-7-13(5)17-10-9-15(11-14(17)6)16(8-2)12(3)4/h9-11,13H,2-3,7H2,1,4-6H3. The third kappa shape index (κ3) is 2.99. The van der Waals surface area contributed by atoms with E-state index in [1.54, 1.807) is 0 Å². The molecule has 0 saturated carbocycles. The number of allylic oxidation sites excluding steroid dienone is 2. The molecule has 0 aromatic heterocycles. The first kappa shape index (κ1) is 13.5. The molecule has 0 nitrogen and oxygen atoms in total. The van der Waals surface area contributed by atoms with Crippen LogP contribution in [0.15, 0.2) is 42.7 Å². The van der Waals surface area contributed by atoms with Crippen molar-refractivity contribution in [3.8, 4) is 0 Å². The lowest BCUT2D eigenvalue weighted by molar-refractivity contribution is 0.728. The highest BCUT2D eigenvalue weighted by Gasteiger charge is 2.08. The molecular formula is C17H22. The minimum Gasteiger partial charge on any atom is -0.120 e. The van der Waals surface area contributed by atoms with Gasteiger partial charge >= 0.3 is 0 Å². The molecule has 0 saturated heterocycles. The average Bonchev–Trinajstić information content (AvgIpc) is 2.28. The van der Waals surface area contributed by atoms with Crippen LogP contribution in [-0.2, 0) is 0 Å². The smallest absolute Gasteiger partial charge is 0.0254 e. The van der Waals surface area contributed by atoms with Gasteiger partial charge in [0.05, 0.1) is 0 Å². The second kappa shape index (κ2) is 5.70. The van der Waals surface area contributed by atoms with Crippen molar-refractivity contribution >= 4 is 5.57 Å². The molecule has 0 amide bonds. The summed E-state index contributed by atoms with van der Waals surface area (Å²) in [5.74, 6) is 0.616. The first-order chi connectivity index (χ1) is 8.01. The third-order valence-corrected chi connectivity index (χ3v) is 3.31. The molecule has 17 heavy (non-hydrogen) atoms. The van der Waals surface area contributed by atoms with Crippen LogP contribution in [0.3, 0.4) is 0 Å². The fraction of sp³-hybridized carbons (Fsp3) is 0.353. The number of hydrogen-bond donors (Lipinski definition) is 0. The molecule has 0 N–H and O–H groups in total. The molecule has 0 radical (unpaired) electrons. The largest absolute Gasteiger partial charge is 0.120 e. The zero-order chi connectivity index (χ0) is 13.0. The average molecular weight is 226 g/mol. The summed E-state index contributed by atoms with van der Waals surface area (Å²) in [6.07, 6.45) is 1.17. The van der Waals surface area contributed by atoms with Gasteiger partial charge in [0, 0.05) is 5.57 Å². The van der Waals surface area contributed by atoms with Crippen LogP contribution in [0.4, 0.5) is 0 Å². The lowest BCUT2D eigenvalue weighted by Crippen LogP contribution is -1.96. The van der Waals surface area contributed by atoms with E-state index < -0.39 is 0 Å². The molecule has 0 fully saturated rings. The fourth-order valence-corrected chi connectivity index (χ4v) is 2.10. The van der Waals surface area contributed by atoms with E-state index in [-0.39, 0.29) is 0 Å². The highest BCUT2D eigenvalue weighted by atomic mass is 14.1. The Hall–Kier alpha value is -1.52. The van der Waals surface area contributed by atoms with E-state index in [1.165, 1.54) is 17.5 Å². The normalized spacial score (nSPS) is 11.8. The van der Waals surface area contributed by atoms with Gasteiger partial charge < -0.3 is 0 Å². The summed E-state index contributed by atoms with van der Waals surface area (Å²) in [5, 5.41) is 0. The van der Waals surface area contributed by atoms with Gasteiger partial charge in [-0.1, -0.05) is 45.2 Å². The van der Waals surface area contributed by atoms with Crippen molar-refractivity contribution in [2.45, 2.75) is 40.0 Å². The molecule has 0 heteroatoms. The molecule has 1 aromatic rings. The quantitative estimate of drug-likeness (QED) is 0.485. The lowest BCUT2D eigenvalue weighted by Gasteiger charge is -2.14. The van der Waals surface area contributed by atoms with Crippen LogP contribution >= 0.6 is 0 Å². The Morgan fingerprint density at radius 2 is 2.06 bits per heavy atom. The highest BCUT2D eigenvalue weighted by molar-refractivity contribution is 5.77. The van der Waals surface area contributed by atoms with Gasteiger partial charge in [-0.3, -0.25) is 0 Å². The number of rotatable bonds is 4. The Kier molecular flexibility index (Phi) is 4.54. The van der Waals surface area contributed by atoms with E-state index in [4.69, 9.17) is 0 Å². The second-order valence-corrected chi connectivity index (χ2v) is 4.71. The van der Waals surface area contributed by atoms with Crippen molar-refractivity contribution in [3.05, 3.63) is 59.4 Å². The summed E-state index contributed by atoms with van der Waals surface area (Å²) >= 11 is 0. The molecule has 0 heterocycles. The van der Waals surface area contributed by atoms with Crippen LogP contribution in [-0.4, -0.2) is 0 Å². The van der Waals surface area contributed by atoms with E-state index in [2.05, 4.69) is 57.9 Å². The van der Waals surface area contributed by atoms with Crippen molar-refractivity contribution in [1.29, 1.82) is 0 Å². The Balaban J connectivity index is 3.21. The molecule has 1 aromatic carbocycles. The van der Waals surface area contributed by atoms with Crippen LogP contribution < -0.4 is 0 Å². The molecular weight excluding hydrogens is 204 g/mol. The molecule has 0 aliphatic rings. The van der Waals surface area contributed by atoms with E-state index in [9.17, 15) is 0 Å². The summed E-state index contributed by atoms with van der Waals surface area (Å²) < 4.78 is 0. The number of benzene rings is 1. The van der Waals surface area contributed by atoms with Crippen molar-refractivity contribution < 1.29 is 0 Å². The number of aryl methyl sites for hydroxylation is 1. The number of hydrogen-bond acceptors (Lipinski definition) is 0.